The molecule has 0 aliphatic carbocycles. The lowest BCUT2D eigenvalue weighted by Gasteiger charge is -2.12. The molecule has 0 aliphatic rings. The van der Waals surface area contributed by atoms with E-state index in [9.17, 15) is 13.2 Å². The molecular formula is C17H20N2O3S2. The predicted octanol–water partition coefficient (Wildman–Crippen LogP) is 2.98. The molecule has 2 aromatic rings. The quantitative estimate of drug-likeness (QED) is 0.800. The Morgan fingerprint density at radius 3 is 2.50 bits per heavy atom. The van der Waals surface area contributed by atoms with Crippen molar-refractivity contribution in [2.45, 2.75) is 16.7 Å². The molecule has 2 rings (SSSR count). The highest BCUT2D eigenvalue weighted by molar-refractivity contribution is 8.00. The first-order valence-electron chi connectivity index (χ1n) is 7.31. The SMILES string of the molecule is Cc1ccccc1SCC(=O)Nc1cccc(S(=O)(=O)N(C)C)c1. The number of nitrogens with one attached hydrogen (secondary N) is 1. The zero-order chi connectivity index (χ0) is 17.7. The van der Waals surface area contributed by atoms with Gasteiger partial charge in [-0.25, -0.2) is 12.7 Å². The minimum absolute atomic E-state index is 0.150. The average Bonchev–Trinajstić information content (AvgIpc) is 2.54. The monoisotopic (exact) mass is 364 g/mol. The lowest BCUT2D eigenvalue weighted by molar-refractivity contribution is -0.113. The van der Waals surface area contributed by atoms with Crippen molar-refractivity contribution in [1.29, 1.82) is 0 Å². The summed E-state index contributed by atoms with van der Waals surface area (Å²) in [5.41, 5.74) is 1.59. The summed E-state index contributed by atoms with van der Waals surface area (Å²) in [5, 5.41) is 2.74. The van der Waals surface area contributed by atoms with E-state index in [1.54, 1.807) is 12.1 Å². The van der Waals surface area contributed by atoms with Crippen LogP contribution in [0.5, 0.6) is 0 Å². The van der Waals surface area contributed by atoms with Crippen molar-refractivity contribution in [1.82, 2.24) is 4.31 Å². The second kappa shape index (κ2) is 7.83. The van der Waals surface area contributed by atoms with Crippen LogP contribution >= 0.6 is 11.8 Å². The number of nitrogens with zero attached hydrogens (tertiary/aromatic N) is 1. The molecule has 0 bridgehead atoms. The third-order valence-corrected chi connectivity index (χ3v) is 6.34. The number of aryl methyl sites for hydroxylation is 1. The van der Waals surface area contributed by atoms with Gasteiger partial charge in [-0.2, -0.15) is 0 Å². The highest BCUT2D eigenvalue weighted by Gasteiger charge is 2.17. The number of thioether (sulfide) groups is 1. The second-order valence-corrected chi connectivity index (χ2v) is 8.59. The van der Waals surface area contributed by atoms with Gasteiger partial charge in [-0.15, -0.1) is 11.8 Å². The first-order chi connectivity index (χ1) is 11.3. The molecule has 0 saturated carbocycles. The minimum atomic E-state index is -3.52. The van der Waals surface area contributed by atoms with E-state index in [2.05, 4.69) is 5.32 Å². The number of carbonyl (C=O) groups is 1. The topological polar surface area (TPSA) is 66.5 Å². The van der Waals surface area contributed by atoms with Crippen LogP contribution in [0.15, 0.2) is 58.3 Å². The Bertz CT molecular complexity index is 833. The van der Waals surface area contributed by atoms with Crippen LogP contribution in [0.2, 0.25) is 0 Å². The van der Waals surface area contributed by atoms with Crippen molar-refractivity contribution >= 4 is 33.4 Å². The van der Waals surface area contributed by atoms with Gasteiger partial charge >= 0.3 is 0 Å². The van der Waals surface area contributed by atoms with Gasteiger partial charge in [0.25, 0.3) is 0 Å². The normalized spacial score (nSPS) is 11.5. The van der Waals surface area contributed by atoms with Crippen molar-refractivity contribution in [3.05, 3.63) is 54.1 Å². The summed E-state index contributed by atoms with van der Waals surface area (Å²) < 4.78 is 25.4. The van der Waals surface area contributed by atoms with Crippen molar-refractivity contribution in [2.24, 2.45) is 0 Å². The molecule has 0 aromatic heterocycles. The molecule has 0 fully saturated rings. The molecule has 1 amide bonds. The molecule has 0 saturated heterocycles. The maximum absolute atomic E-state index is 12.1. The Balaban J connectivity index is 2.04. The van der Waals surface area contributed by atoms with E-state index in [1.165, 1.54) is 38.0 Å². The van der Waals surface area contributed by atoms with Gasteiger partial charge in [-0.05, 0) is 36.8 Å². The highest BCUT2D eigenvalue weighted by atomic mass is 32.2. The number of anilines is 1. The molecule has 1 N–H and O–H groups in total. The smallest absolute Gasteiger partial charge is 0.242 e. The fourth-order valence-corrected chi connectivity index (χ4v) is 3.78. The highest BCUT2D eigenvalue weighted by Crippen LogP contribution is 2.22. The van der Waals surface area contributed by atoms with Crippen molar-refractivity contribution in [2.75, 3.05) is 25.2 Å². The second-order valence-electron chi connectivity index (χ2n) is 5.42. The van der Waals surface area contributed by atoms with Crippen LogP contribution in [-0.4, -0.2) is 38.5 Å². The molecule has 5 nitrogen and oxygen atoms in total. The summed E-state index contributed by atoms with van der Waals surface area (Å²) in [6.07, 6.45) is 0. The number of amides is 1. The summed E-state index contributed by atoms with van der Waals surface area (Å²) in [6.45, 7) is 2.00. The molecule has 0 aliphatic heterocycles. The van der Waals surface area contributed by atoms with Gasteiger partial charge in [0.05, 0.1) is 10.6 Å². The Morgan fingerprint density at radius 2 is 1.83 bits per heavy atom. The van der Waals surface area contributed by atoms with E-state index < -0.39 is 10.0 Å². The van der Waals surface area contributed by atoms with Crippen LogP contribution < -0.4 is 5.32 Å². The lowest BCUT2D eigenvalue weighted by atomic mass is 10.2. The van der Waals surface area contributed by atoms with Crippen LogP contribution in [0.1, 0.15) is 5.56 Å². The Hall–Kier alpha value is -1.83. The third kappa shape index (κ3) is 4.59. The number of hydrogen-bond acceptors (Lipinski definition) is 4. The summed E-state index contributed by atoms with van der Waals surface area (Å²) in [6, 6.07) is 14.1. The molecule has 128 valence electrons. The van der Waals surface area contributed by atoms with E-state index in [0.29, 0.717) is 5.69 Å². The molecule has 0 spiro atoms. The molecule has 0 atom stereocenters. The average molecular weight is 364 g/mol. The Kier molecular flexibility index (Phi) is 6.04. The fourth-order valence-electron chi connectivity index (χ4n) is 2.00. The number of benzene rings is 2. The van der Waals surface area contributed by atoms with Crippen LogP contribution in [0, 0.1) is 6.92 Å². The number of hydrogen-bond donors (Lipinski definition) is 1. The number of sulfonamides is 1. The van der Waals surface area contributed by atoms with E-state index in [0.717, 1.165) is 14.8 Å². The van der Waals surface area contributed by atoms with E-state index in [1.807, 2.05) is 31.2 Å². The van der Waals surface area contributed by atoms with Crippen LogP contribution in [0.25, 0.3) is 0 Å². The molecule has 2 aromatic carbocycles. The molecule has 7 heteroatoms. The van der Waals surface area contributed by atoms with Crippen LogP contribution in [0.3, 0.4) is 0 Å². The molecule has 0 unspecified atom stereocenters. The standard InChI is InChI=1S/C17H20N2O3S2/c1-13-7-4-5-10-16(13)23-12-17(20)18-14-8-6-9-15(11-14)24(21,22)19(2)3/h4-11H,12H2,1-3H3,(H,18,20). The number of rotatable bonds is 6. The summed E-state index contributed by atoms with van der Waals surface area (Å²) in [4.78, 5) is 13.3. The number of carbonyl (C=O) groups excluding carboxylic acids is 1. The van der Waals surface area contributed by atoms with Gasteiger partial charge in [-0.1, -0.05) is 24.3 Å². The van der Waals surface area contributed by atoms with Crippen molar-refractivity contribution in [3.8, 4) is 0 Å². The Morgan fingerprint density at radius 1 is 1.12 bits per heavy atom. The molecule has 24 heavy (non-hydrogen) atoms. The minimum Gasteiger partial charge on any atom is -0.325 e. The maximum Gasteiger partial charge on any atom is 0.242 e. The first kappa shape index (κ1) is 18.5. The van der Waals surface area contributed by atoms with Gasteiger partial charge in [0.2, 0.25) is 15.9 Å². The van der Waals surface area contributed by atoms with Gasteiger partial charge in [-0.3, -0.25) is 4.79 Å². The van der Waals surface area contributed by atoms with Crippen LogP contribution in [0.4, 0.5) is 5.69 Å². The lowest BCUT2D eigenvalue weighted by Crippen LogP contribution is -2.22. The van der Waals surface area contributed by atoms with E-state index in [-0.39, 0.29) is 16.6 Å². The molecule has 0 radical (unpaired) electrons. The predicted molar refractivity (Wildman–Crippen MR) is 97.8 cm³/mol. The summed E-state index contributed by atoms with van der Waals surface area (Å²) in [5.74, 6) is 0.0813. The van der Waals surface area contributed by atoms with Crippen molar-refractivity contribution < 1.29 is 13.2 Å². The van der Waals surface area contributed by atoms with Crippen LogP contribution in [-0.2, 0) is 14.8 Å². The molecule has 0 heterocycles. The zero-order valence-electron chi connectivity index (χ0n) is 13.8. The fraction of sp³-hybridized carbons (Fsp3) is 0.235. The largest absolute Gasteiger partial charge is 0.325 e. The van der Waals surface area contributed by atoms with E-state index in [4.69, 9.17) is 0 Å². The maximum atomic E-state index is 12.1. The van der Waals surface area contributed by atoms with E-state index >= 15 is 0 Å². The Labute approximate surface area is 147 Å². The van der Waals surface area contributed by atoms with Gasteiger partial charge in [0.1, 0.15) is 0 Å². The third-order valence-electron chi connectivity index (χ3n) is 3.35. The van der Waals surface area contributed by atoms with Crippen molar-refractivity contribution in [3.63, 3.8) is 0 Å². The van der Waals surface area contributed by atoms with Gasteiger partial charge < -0.3 is 5.32 Å². The summed E-state index contributed by atoms with van der Waals surface area (Å²) >= 11 is 1.45. The first-order valence-corrected chi connectivity index (χ1v) is 9.74. The summed E-state index contributed by atoms with van der Waals surface area (Å²) in [7, 11) is -0.576. The van der Waals surface area contributed by atoms with Gasteiger partial charge in [0.15, 0.2) is 0 Å². The molecular weight excluding hydrogens is 344 g/mol. The van der Waals surface area contributed by atoms with Gasteiger partial charge in [0, 0.05) is 24.7 Å². The zero-order valence-corrected chi connectivity index (χ0v) is 15.4.